The van der Waals surface area contributed by atoms with Gasteiger partial charge in [-0.1, -0.05) is 23.8 Å². The molecule has 0 amide bonds. The Morgan fingerprint density at radius 3 is 2.50 bits per heavy atom. The molecule has 0 aromatic heterocycles. The van der Waals surface area contributed by atoms with Crippen LogP contribution in [0.5, 0.6) is 0 Å². The number of hydrazone groups is 1. The molecule has 0 aliphatic heterocycles. The molecule has 0 saturated carbocycles. The highest BCUT2D eigenvalue weighted by Gasteiger charge is 2.00. The van der Waals surface area contributed by atoms with Crippen LogP contribution in [0.2, 0.25) is 0 Å². The predicted molar refractivity (Wildman–Crippen MR) is 82.2 cm³/mol. The number of nitrogens with one attached hydrogen (secondary N) is 2. The third kappa shape index (κ3) is 4.30. The molecule has 2 N–H and O–H groups in total. The maximum absolute atomic E-state index is 5.04. The van der Waals surface area contributed by atoms with Crippen molar-refractivity contribution in [2.45, 2.75) is 20.8 Å². The van der Waals surface area contributed by atoms with Gasteiger partial charge in [0.15, 0.2) is 5.11 Å². The molecule has 1 rings (SSSR count). The summed E-state index contributed by atoms with van der Waals surface area (Å²) >= 11 is 5.04. The summed E-state index contributed by atoms with van der Waals surface area (Å²) in [6, 6.07) is 4.28. The van der Waals surface area contributed by atoms with E-state index in [0.29, 0.717) is 11.7 Å². The number of nitrogens with zero attached hydrogens (tertiary/aromatic N) is 1. The fourth-order valence-corrected chi connectivity index (χ4v) is 1.89. The number of rotatable bonds is 4. The Morgan fingerprint density at radius 2 is 1.94 bits per heavy atom. The van der Waals surface area contributed by atoms with Crippen LogP contribution in [0.15, 0.2) is 29.9 Å². The molecule has 0 aliphatic carbocycles. The first kappa shape index (κ1) is 14.4. The molecule has 1 aromatic carbocycles. The van der Waals surface area contributed by atoms with Crippen LogP contribution in [0.4, 0.5) is 0 Å². The second-order valence-corrected chi connectivity index (χ2v) is 4.59. The Hall–Kier alpha value is -1.68. The highest BCUT2D eigenvalue weighted by molar-refractivity contribution is 7.80. The molecule has 3 nitrogen and oxygen atoms in total. The minimum absolute atomic E-state index is 0.494. The Kier molecular flexibility index (Phi) is 5.52. The van der Waals surface area contributed by atoms with Crippen LogP contribution in [-0.4, -0.2) is 17.9 Å². The first-order valence-electron chi connectivity index (χ1n) is 5.80. The van der Waals surface area contributed by atoms with Crippen LogP contribution < -0.4 is 10.7 Å². The highest BCUT2D eigenvalue weighted by atomic mass is 32.1. The number of thiocarbonyl (C=S) groups is 1. The van der Waals surface area contributed by atoms with Crippen LogP contribution in [0, 0.1) is 20.8 Å². The van der Waals surface area contributed by atoms with E-state index in [2.05, 4.69) is 55.3 Å². The van der Waals surface area contributed by atoms with E-state index in [1.807, 2.05) is 0 Å². The first-order chi connectivity index (χ1) is 8.54. The van der Waals surface area contributed by atoms with E-state index < -0.39 is 0 Å². The van der Waals surface area contributed by atoms with E-state index in [4.69, 9.17) is 12.2 Å². The van der Waals surface area contributed by atoms with Crippen molar-refractivity contribution in [2.75, 3.05) is 6.54 Å². The number of benzene rings is 1. The number of hydrogen-bond donors (Lipinski definition) is 2. The molecule has 0 unspecified atom stereocenters. The SMILES string of the molecule is C=CCNC(=S)NN=Cc1c(C)cc(C)cc1C. The second-order valence-electron chi connectivity index (χ2n) is 4.18. The van der Waals surface area contributed by atoms with Crippen molar-refractivity contribution >= 4 is 23.5 Å². The fraction of sp³-hybridized carbons (Fsp3) is 0.286. The van der Waals surface area contributed by atoms with E-state index in [1.165, 1.54) is 16.7 Å². The van der Waals surface area contributed by atoms with Gasteiger partial charge in [0.2, 0.25) is 0 Å². The van der Waals surface area contributed by atoms with E-state index in [9.17, 15) is 0 Å². The lowest BCUT2D eigenvalue weighted by Gasteiger charge is -2.07. The van der Waals surface area contributed by atoms with Crippen molar-refractivity contribution in [2.24, 2.45) is 5.10 Å². The van der Waals surface area contributed by atoms with Crippen molar-refractivity contribution < 1.29 is 0 Å². The van der Waals surface area contributed by atoms with Crippen molar-refractivity contribution in [3.8, 4) is 0 Å². The Balaban J connectivity index is 2.67. The van der Waals surface area contributed by atoms with E-state index in [-0.39, 0.29) is 0 Å². The first-order valence-corrected chi connectivity index (χ1v) is 6.21. The monoisotopic (exact) mass is 261 g/mol. The Morgan fingerprint density at radius 1 is 1.33 bits per heavy atom. The molecule has 0 radical (unpaired) electrons. The molecule has 0 fully saturated rings. The molecular weight excluding hydrogens is 242 g/mol. The Bertz CT molecular complexity index is 455. The van der Waals surface area contributed by atoms with Gasteiger partial charge in [-0.25, -0.2) is 0 Å². The third-order valence-electron chi connectivity index (χ3n) is 2.50. The second kappa shape index (κ2) is 6.91. The van der Waals surface area contributed by atoms with E-state index in [1.54, 1.807) is 12.3 Å². The topological polar surface area (TPSA) is 36.4 Å². The average molecular weight is 261 g/mol. The molecule has 18 heavy (non-hydrogen) atoms. The van der Waals surface area contributed by atoms with E-state index in [0.717, 1.165) is 5.56 Å². The van der Waals surface area contributed by atoms with Crippen molar-refractivity contribution in [1.82, 2.24) is 10.7 Å². The zero-order valence-electron chi connectivity index (χ0n) is 11.1. The lowest BCUT2D eigenvalue weighted by Crippen LogP contribution is -2.31. The van der Waals surface area contributed by atoms with Gasteiger partial charge in [0.25, 0.3) is 0 Å². The standard InChI is InChI=1S/C14H19N3S/c1-5-6-15-14(18)17-16-9-13-11(3)7-10(2)8-12(13)4/h5,7-9H,1,6H2,2-4H3,(H2,15,17,18). The molecule has 0 saturated heterocycles. The minimum Gasteiger partial charge on any atom is -0.358 e. The third-order valence-corrected chi connectivity index (χ3v) is 2.74. The maximum atomic E-state index is 5.04. The summed E-state index contributed by atoms with van der Waals surface area (Å²) in [5.74, 6) is 0. The smallest absolute Gasteiger partial charge is 0.187 e. The zero-order valence-corrected chi connectivity index (χ0v) is 11.9. The summed E-state index contributed by atoms with van der Waals surface area (Å²) in [4.78, 5) is 0. The summed E-state index contributed by atoms with van der Waals surface area (Å²) in [5, 5.41) is 7.57. The molecular formula is C14H19N3S. The van der Waals surface area contributed by atoms with Crippen LogP contribution in [0.25, 0.3) is 0 Å². The minimum atomic E-state index is 0.494. The van der Waals surface area contributed by atoms with Crippen molar-refractivity contribution in [3.63, 3.8) is 0 Å². The molecule has 0 heterocycles. The van der Waals surface area contributed by atoms with Gasteiger partial charge >= 0.3 is 0 Å². The van der Waals surface area contributed by atoms with E-state index >= 15 is 0 Å². The Labute approximate surface area is 114 Å². The van der Waals surface area contributed by atoms with Gasteiger partial charge in [-0.15, -0.1) is 6.58 Å². The van der Waals surface area contributed by atoms with Crippen molar-refractivity contribution in [3.05, 3.63) is 47.0 Å². The molecule has 0 atom stereocenters. The number of aryl methyl sites for hydroxylation is 3. The molecule has 0 bridgehead atoms. The summed E-state index contributed by atoms with van der Waals surface area (Å²) < 4.78 is 0. The summed E-state index contributed by atoms with van der Waals surface area (Å²) in [6.45, 7) is 10.5. The lowest BCUT2D eigenvalue weighted by molar-refractivity contribution is 0.941. The zero-order chi connectivity index (χ0) is 13.5. The van der Waals surface area contributed by atoms with Crippen molar-refractivity contribution in [1.29, 1.82) is 0 Å². The predicted octanol–water partition coefficient (Wildman–Crippen LogP) is 2.60. The summed E-state index contributed by atoms with van der Waals surface area (Å²) in [6.07, 6.45) is 3.54. The largest absolute Gasteiger partial charge is 0.358 e. The fourth-order valence-electron chi connectivity index (χ4n) is 1.75. The average Bonchev–Trinajstić information content (AvgIpc) is 2.29. The van der Waals surface area contributed by atoms with Gasteiger partial charge in [0, 0.05) is 12.1 Å². The van der Waals surface area contributed by atoms with Gasteiger partial charge in [-0.3, -0.25) is 5.43 Å². The van der Waals surface area contributed by atoms with Crippen LogP contribution in [-0.2, 0) is 0 Å². The molecule has 96 valence electrons. The quantitative estimate of drug-likeness (QED) is 0.378. The van der Waals surface area contributed by atoms with Gasteiger partial charge in [-0.05, 0) is 44.1 Å². The number of hydrogen-bond acceptors (Lipinski definition) is 2. The molecule has 1 aromatic rings. The van der Waals surface area contributed by atoms with Crippen LogP contribution >= 0.6 is 12.2 Å². The van der Waals surface area contributed by atoms with Gasteiger partial charge in [0.05, 0.1) is 6.21 Å². The van der Waals surface area contributed by atoms with Gasteiger partial charge in [-0.2, -0.15) is 5.10 Å². The van der Waals surface area contributed by atoms with Gasteiger partial charge < -0.3 is 5.32 Å². The highest BCUT2D eigenvalue weighted by Crippen LogP contribution is 2.13. The maximum Gasteiger partial charge on any atom is 0.187 e. The molecule has 0 spiro atoms. The van der Waals surface area contributed by atoms with Crippen LogP contribution in [0.3, 0.4) is 0 Å². The van der Waals surface area contributed by atoms with Gasteiger partial charge in [0.1, 0.15) is 0 Å². The normalized spacial score (nSPS) is 10.4. The molecule has 0 aliphatic rings. The summed E-state index contributed by atoms with van der Waals surface area (Å²) in [7, 11) is 0. The lowest BCUT2D eigenvalue weighted by atomic mass is 10.0. The van der Waals surface area contributed by atoms with Crippen LogP contribution in [0.1, 0.15) is 22.3 Å². The summed E-state index contributed by atoms with van der Waals surface area (Å²) in [5.41, 5.74) is 7.59. The molecule has 4 heteroatoms.